The number of aromatic nitrogens is 1. The Labute approximate surface area is 103 Å². The molecule has 0 saturated carbocycles. The molecule has 2 nitrogen and oxygen atoms in total. The maximum absolute atomic E-state index is 4.29. The molecule has 1 aromatic carbocycles. The highest BCUT2D eigenvalue weighted by Gasteiger charge is 1.97. The third-order valence-corrected chi connectivity index (χ3v) is 2.69. The van der Waals surface area contributed by atoms with Gasteiger partial charge in [-0.25, -0.2) is 0 Å². The molecule has 1 heterocycles. The number of hydrogen-bond acceptors (Lipinski definition) is 2. The van der Waals surface area contributed by atoms with Crippen LogP contribution in [0.15, 0.2) is 36.5 Å². The quantitative estimate of drug-likeness (QED) is 0.864. The maximum Gasteiger partial charge on any atom is 0.0416 e. The summed E-state index contributed by atoms with van der Waals surface area (Å²) in [6, 6.07) is 10.7. The molecule has 17 heavy (non-hydrogen) atoms. The van der Waals surface area contributed by atoms with Crippen LogP contribution in [0.3, 0.4) is 0 Å². The van der Waals surface area contributed by atoms with Crippen molar-refractivity contribution in [3.63, 3.8) is 0 Å². The Kier molecular flexibility index (Phi) is 3.43. The van der Waals surface area contributed by atoms with Gasteiger partial charge in [0.25, 0.3) is 0 Å². The third kappa shape index (κ3) is 3.31. The summed E-state index contributed by atoms with van der Waals surface area (Å²) in [5, 5.41) is 3.42. The minimum absolute atomic E-state index is 0.816. The Hall–Kier alpha value is -1.83. The van der Waals surface area contributed by atoms with Crippen LogP contribution >= 0.6 is 0 Å². The fourth-order valence-corrected chi connectivity index (χ4v) is 1.88. The molecule has 0 saturated heterocycles. The largest absolute Gasteiger partial charge is 0.381 e. The van der Waals surface area contributed by atoms with Gasteiger partial charge in [0.05, 0.1) is 0 Å². The van der Waals surface area contributed by atoms with Crippen molar-refractivity contribution < 1.29 is 0 Å². The molecule has 0 amide bonds. The molecule has 0 fully saturated rings. The van der Waals surface area contributed by atoms with E-state index in [0.717, 1.165) is 12.2 Å². The molecule has 2 aromatic rings. The lowest BCUT2D eigenvalue weighted by Crippen LogP contribution is -2.00. The molecule has 0 bridgehead atoms. The van der Waals surface area contributed by atoms with Crippen LogP contribution in [0.2, 0.25) is 0 Å². The third-order valence-electron chi connectivity index (χ3n) is 2.69. The van der Waals surface area contributed by atoms with Gasteiger partial charge >= 0.3 is 0 Å². The summed E-state index contributed by atoms with van der Waals surface area (Å²) in [4.78, 5) is 4.29. The van der Waals surface area contributed by atoms with E-state index < -0.39 is 0 Å². The lowest BCUT2D eigenvalue weighted by Gasteiger charge is -2.08. The predicted molar refractivity (Wildman–Crippen MR) is 72.2 cm³/mol. The molecule has 0 radical (unpaired) electrons. The Balaban J connectivity index is 2.04. The zero-order valence-corrected chi connectivity index (χ0v) is 10.6. The Morgan fingerprint density at radius 2 is 1.71 bits per heavy atom. The normalized spacial score (nSPS) is 10.3. The fraction of sp³-hybridized carbons (Fsp3) is 0.267. The number of pyridine rings is 1. The van der Waals surface area contributed by atoms with Gasteiger partial charge in [-0.1, -0.05) is 12.1 Å². The van der Waals surface area contributed by atoms with Crippen molar-refractivity contribution >= 4 is 5.69 Å². The summed E-state index contributed by atoms with van der Waals surface area (Å²) in [7, 11) is 0. The molecule has 0 atom stereocenters. The number of aryl methyl sites for hydroxylation is 3. The number of rotatable bonds is 3. The fourth-order valence-electron chi connectivity index (χ4n) is 1.88. The summed E-state index contributed by atoms with van der Waals surface area (Å²) >= 11 is 0. The standard InChI is InChI=1S/C15H18N2/c1-11-6-12(2)8-15(7-11)17-10-14-5-4-13(3)16-9-14/h4-9,17H,10H2,1-3H3. The zero-order chi connectivity index (χ0) is 12.3. The highest BCUT2D eigenvalue weighted by molar-refractivity contribution is 5.48. The van der Waals surface area contributed by atoms with E-state index in [1.165, 1.54) is 22.4 Å². The second-order valence-corrected chi connectivity index (χ2v) is 4.54. The second kappa shape index (κ2) is 5.00. The van der Waals surface area contributed by atoms with E-state index in [9.17, 15) is 0 Å². The molecule has 1 aromatic heterocycles. The molecule has 0 aliphatic carbocycles. The topological polar surface area (TPSA) is 24.9 Å². The maximum atomic E-state index is 4.29. The molecular formula is C15H18N2. The monoisotopic (exact) mass is 226 g/mol. The smallest absolute Gasteiger partial charge is 0.0416 e. The molecule has 88 valence electrons. The SMILES string of the molecule is Cc1cc(C)cc(NCc2ccc(C)nc2)c1. The highest BCUT2D eigenvalue weighted by atomic mass is 14.9. The Bertz CT molecular complexity index is 481. The van der Waals surface area contributed by atoms with E-state index in [4.69, 9.17) is 0 Å². The van der Waals surface area contributed by atoms with Gasteiger partial charge < -0.3 is 5.32 Å². The van der Waals surface area contributed by atoms with E-state index in [-0.39, 0.29) is 0 Å². The van der Waals surface area contributed by atoms with E-state index in [1.54, 1.807) is 0 Å². The summed E-state index contributed by atoms with van der Waals surface area (Å²) < 4.78 is 0. The van der Waals surface area contributed by atoms with Gasteiger partial charge in [-0.2, -0.15) is 0 Å². The second-order valence-electron chi connectivity index (χ2n) is 4.54. The number of anilines is 1. The van der Waals surface area contributed by atoms with Crippen molar-refractivity contribution in [2.45, 2.75) is 27.3 Å². The highest BCUT2D eigenvalue weighted by Crippen LogP contribution is 2.14. The molecule has 0 aliphatic rings. The van der Waals surface area contributed by atoms with Crippen LogP contribution in [0.1, 0.15) is 22.4 Å². The minimum atomic E-state index is 0.816. The number of benzene rings is 1. The first-order valence-electron chi connectivity index (χ1n) is 5.87. The predicted octanol–water partition coefficient (Wildman–Crippen LogP) is 3.62. The summed E-state index contributed by atoms with van der Waals surface area (Å²) in [5.74, 6) is 0. The van der Waals surface area contributed by atoms with Crippen LogP contribution in [0, 0.1) is 20.8 Å². The molecule has 0 unspecified atom stereocenters. The van der Waals surface area contributed by atoms with E-state index in [0.29, 0.717) is 0 Å². The van der Waals surface area contributed by atoms with Crippen molar-refractivity contribution in [3.05, 3.63) is 58.9 Å². The van der Waals surface area contributed by atoms with Gasteiger partial charge in [-0.3, -0.25) is 4.98 Å². The minimum Gasteiger partial charge on any atom is -0.381 e. The first kappa shape index (κ1) is 11.6. The van der Waals surface area contributed by atoms with E-state index >= 15 is 0 Å². The average Bonchev–Trinajstić information content (AvgIpc) is 2.27. The van der Waals surface area contributed by atoms with Gasteiger partial charge in [-0.15, -0.1) is 0 Å². The summed E-state index contributed by atoms with van der Waals surface area (Å²) in [5.41, 5.74) is 6.00. The summed E-state index contributed by atoms with van der Waals surface area (Å²) in [6.45, 7) is 7.05. The molecular weight excluding hydrogens is 208 g/mol. The van der Waals surface area contributed by atoms with Gasteiger partial charge in [-0.05, 0) is 55.7 Å². The molecule has 0 spiro atoms. The van der Waals surface area contributed by atoms with Crippen molar-refractivity contribution in [2.75, 3.05) is 5.32 Å². The zero-order valence-electron chi connectivity index (χ0n) is 10.6. The number of nitrogens with one attached hydrogen (secondary N) is 1. The van der Waals surface area contributed by atoms with Gasteiger partial charge in [0.2, 0.25) is 0 Å². The summed E-state index contributed by atoms with van der Waals surface area (Å²) in [6.07, 6.45) is 1.92. The number of nitrogens with zero attached hydrogens (tertiary/aromatic N) is 1. The van der Waals surface area contributed by atoms with Crippen LogP contribution in [0.4, 0.5) is 5.69 Å². The van der Waals surface area contributed by atoms with Gasteiger partial charge in [0, 0.05) is 24.1 Å². The van der Waals surface area contributed by atoms with E-state index in [1.807, 2.05) is 19.2 Å². The van der Waals surface area contributed by atoms with Crippen LogP contribution in [-0.2, 0) is 6.54 Å². The van der Waals surface area contributed by atoms with Crippen molar-refractivity contribution in [1.29, 1.82) is 0 Å². The van der Waals surface area contributed by atoms with E-state index in [2.05, 4.69) is 48.4 Å². The first-order chi connectivity index (χ1) is 8.13. The van der Waals surface area contributed by atoms with Crippen molar-refractivity contribution in [1.82, 2.24) is 4.98 Å². The molecule has 2 heteroatoms. The molecule has 1 N–H and O–H groups in total. The average molecular weight is 226 g/mol. The number of hydrogen-bond donors (Lipinski definition) is 1. The van der Waals surface area contributed by atoms with Crippen molar-refractivity contribution in [3.8, 4) is 0 Å². The van der Waals surface area contributed by atoms with Crippen LogP contribution in [0.25, 0.3) is 0 Å². The lowest BCUT2D eigenvalue weighted by molar-refractivity contribution is 1.08. The molecule has 0 aliphatic heterocycles. The Morgan fingerprint density at radius 3 is 2.29 bits per heavy atom. The van der Waals surface area contributed by atoms with Crippen molar-refractivity contribution in [2.24, 2.45) is 0 Å². The van der Waals surface area contributed by atoms with Crippen LogP contribution in [-0.4, -0.2) is 4.98 Å². The Morgan fingerprint density at radius 1 is 1.00 bits per heavy atom. The van der Waals surface area contributed by atoms with Gasteiger partial charge in [0.1, 0.15) is 0 Å². The first-order valence-corrected chi connectivity index (χ1v) is 5.87. The van der Waals surface area contributed by atoms with Crippen LogP contribution in [0.5, 0.6) is 0 Å². The van der Waals surface area contributed by atoms with Crippen LogP contribution < -0.4 is 5.32 Å². The lowest BCUT2D eigenvalue weighted by atomic mass is 10.1. The van der Waals surface area contributed by atoms with Gasteiger partial charge in [0.15, 0.2) is 0 Å². The molecule has 2 rings (SSSR count).